The van der Waals surface area contributed by atoms with Crippen LogP contribution in [0, 0.1) is 0 Å². The first-order valence-corrected chi connectivity index (χ1v) is 5.61. The van der Waals surface area contributed by atoms with E-state index in [2.05, 4.69) is 17.2 Å². The Morgan fingerprint density at radius 3 is 2.71 bits per heavy atom. The van der Waals surface area contributed by atoms with Gasteiger partial charge in [-0.1, -0.05) is 24.3 Å². The Labute approximate surface area is 101 Å². The van der Waals surface area contributed by atoms with Crippen molar-refractivity contribution in [2.24, 2.45) is 0 Å². The fourth-order valence-electron chi connectivity index (χ4n) is 1.54. The second kappa shape index (κ2) is 6.03. The Kier molecular flexibility index (Phi) is 4.69. The van der Waals surface area contributed by atoms with Gasteiger partial charge in [0.25, 0.3) is 0 Å². The van der Waals surface area contributed by atoms with Crippen molar-refractivity contribution in [1.29, 1.82) is 0 Å². The lowest BCUT2D eigenvalue weighted by Gasteiger charge is -2.23. The normalized spacial score (nSPS) is 20.0. The van der Waals surface area contributed by atoms with E-state index in [-0.39, 0.29) is 17.9 Å². The maximum absolute atomic E-state index is 11.6. The first kappa shape index (κ1) is 13.2. The van der Waals surface area contributed by atoms with Crippen LogP contribution in [-0.2, 0) is 9.59 Å². The molecule has 0 aromatic carbocycles. The highest BCUT2D eigenvalue weighted by molar-refractivity contribution is 6.00. The molecule has 2 amide bonds. The van der Waals surface area contributed by atoms with Crippen LogP contribution in [0.3, 0.4) is 0 Å². The highest BCUT2D eigenvalue weighted by Crippen LogP contribution is 2.09. The summed E-state index contributed by atoms with van der Waals surface area (Å²) < 4.78 is 0. The summed E-state index contributed by atoms with van der Waals surface area (Å²) in [7, 11) is 0. The molecule has 1 saturated heterocycles. The van der Waals surface area contributed by atoms with Gasteiger partial charge < -0.3 is 5.32 Å². The number of carbonyl (C=O) groups is 2. The summed E-state index contributed by atoms with van der Waals surface area (Å²) in [6.07, 6.45) is 6.26. The molecule has 0 aromatic heterocycles. The van der Waals surface area contributed by atoms with E-state index in [1.807, 2.05) is 19.9 Å². The van der Waals surface area contributed by atoms with Gasteiger partial charge in [0.15, 0.2) is 0 Å². The molecule has 1 rings (SSSR count). The standard InChI is InChI=1S/C13H18N2O2/c1-4-5-6-10(9(2)3)14-11-7-8-12(16)15-13(11)17/h4-6,11,14H,1,7-8H2,2-3H3,(H,15,16,17)/b6-5-. The smallest absolute Gasteiger partial charge is 0.249 e. The first-order valence-electron chi connectivity index (χ1n) is 5.61. The zero-order valence-electron chi connectivity index (χ0n) is 10.2. The Balaban J connectivity index is 2.72. The molecule has 1 aliphatic rings. The van der Waals surface area contributed by atoms with Gasteiger partial charge in [-0.3, -0.25) is 14.9 Å². The minimum absolute atomic E-state index is 0.201. The van der Waals surface area contributed by atoms with Crippen LogP contribution < -0.4 is 10.6 Å². The molecule has 2 N–H and O–H groups in total. The van der Waals surface area contributed by atoms with Gasteiger partial charge >= 0.3 is 0 Å². The molecule has 0 saturated carbocycles. The third kappa shape index (κ3) is 3.90. The maximum Gasteiger partial charge on any atom is 0.249 e. The molecule has 0 aromatic rings. The number of amides is 2. The van der Waals surface area contributed by atoms with Crippen LogP contribution in [0.4, 0.5) is 0 Å². The lowest BCUT2D eigenvalue weighted by molar-refractivity contribution is -0.134. The molecule has 92 valence electrons. The lowest BCUT2D eigenvalue weighted by atomic mass is 10.1. The van der Waals surface area contributed by atoms with Crippen molar-refractivity contribution in [3.05, 3.63) is 36.1 Å². The summed E-state index contributed by atoms with van der Waals surface area (Å²) in [5.41, 5.74) is 1.96. The largest absolute Gasteiger partial charge is 0.374 e. The Morgan fingerprint density at radius 2 is 2.18 bits per heavy atom. The van der Waals surface area contributed by atoms with Gasteiger partial charge in [-0.15, -0.1) is 0 Å². The molecule has 0 spiro atoms. The van der Waals surface area contributed by atoms with Gasteiger partial charge in [0.2, 0.25) is 11.8 Å². The summed E-state index contributed by atoms with van der Waals surface area (Å²) in [6, 6.07) is -0.341. The van der Waals surface area contributed by atoms with E-state index in [0.717, 1.165) is 11.3 Å². The van der Waals surface area contributed by atoms with Crippen LogP contribution in [0.5, 0.6) is 0 Å². The monoisotopic (exact) mass is 234 g/mol. The number of hydrogen-bond donors (Lipinski definition) is 2. The predicted molar refractivity (Wildman–Crippen MR) is 67.0 cm³/mol. The van der Waals surface area contributed by atoms with Crippen LogP contribution in [0.2, 0.25) is 0 Å². The van der Waals surface area contributed by atoms with E-state index < -0.39 is 0 Å². The Morgan fingerprint density at radius 1 is 1.47 bits per heavy atom. The maximum atomic E-state index is 11.6. The van der Waals surface area contributed by atoms with Crippen molar-refractivity contribution in [2.75, 3.05) is 0 Å². The average molecular weight is 234 g/mol. The molecule has 0 radical (unpaired) electrons. The second-order valence-electron chi connectivity index (χ2n) is 4.16. The van der Waals surface area contributed by atoms with Gasteiger partial charge in [0.05, 0.1) is 0 Å². The quantitative estimate of drug-likeness (QED) is 0.571. The van der Waals surface area contributed by atoms with Crippen LogP contribution in [-0.4, -0.2) is 17.9 Å². The highest BCUT2D eigenvalue weighted by atomic mass is 16.2. The molecule has 0 aliphatic carbocycles. The Hall–Kier alpha value is -1.84. The molecule has 1 atom stereocenters. The predicted octanol–water partition coefficient (Wildman–Crippen LogP) is 1.42. The SMILES string of the molecule is C=C/C=C\C(NC1CCC(=O)NC1=O)=C(C)C. The van der Waals surface area contributed by atoms with Crippen molar-refractivity contribution in [2.45, 2.75) is 32.7 Å². The zero-order valence-corrected chi connectivity index (χ0v) is 10.2. The fourth-order valence-corrected chi connectivity index (χ4v) is 1.54. The summed E-state index contributed by atoms with van der Waals surface area (Å²) in [6.45, 7) is 7.52. The van der Waals surface area contributed by atoms with Crippen LogP contribution in [0.25, 0.3) is 0 Å². The summed E-state index contributed by atoms with van der Waals surface area (Å²) in [5, 5.41) is 5.46. The number of carbonyl (C=O) groups excluding carboxylic acids is 2. The third-order valence-electron chi connectivity index (χ3n) is 2.51. The van der Waals surface area contributed by atoms with Crippen molar-refractivity contribution in [1.82, 2.24) is 10.6 Å². The van der Waals surface area contributed by atoms with E-state index in [1.165, 1.54) is 0 Å². The Bertz CT molecular complexity index is 390. The lowest BCUT2D eigenvalue weighted by Crippen LogP contribution is -2.50. The fraction of sp³-hybridized carbons (Fsp3) is 0.385. The van der Waals surface area contributed by atoms with E-state index in [9.17, 15) is 9.59 Å². The van der Waals surface area contributed by atoms with Gasteiger partial charge in [0, 0.05) is 12.1 Å². The van der Waals surface area contributed by atoms with Crippen LogP contribution in [0.1, 0.15) is 26.7 Å². The van der Waals surface area contributed by atoms with Crippen molar-refractivity contribution >= 4 is 11.8 Å². The molecular formula is C13H18N2O2. The third-order valence-corrected chi connectivity index (χ3v) is 2.51. The second-order valence-corrected chi connectivity index (χ2v) is 4.16. The molecule has 4 nitrogen and oxygen atoms in total. The van der Waals surface area contributed by atoms with Gasteiger partial charge in [-0.05, 0) is 26.3 Å². The molecule has 1 heterocycles. The minimum Gasteiger partial charge on any atom is -0.374 e. The number of rotatable bonds is 4. The summed E-state index contributed by atoms with van der Waals surface area (Å²) >= 11 is 0. The van der Waals surface area contributed by atoms with Crippen molar-refractivity contribution < 1.29 is 9.59 Å². The summed E-state index contributed by atoms with van der Waals surface area (Å²) in [5.74, 6) is -0.458. The molecular weight excluding hydrogens is 216 g/mol. The first-order chi connectivity index (χ1) is 8.04. The molecule has 17 heavy (non-hydrogen) atoms. The van der Waals surface area contributed by atoms with E-state index in [4.69, 9.17) is 0 Å². The van der Waals surface area contributed by atoms with Gasteiger partial charge in [-0.2, -0.15) is 0 Å². The highest BCUT2D eigenvalue weighted by Gasteiger charge is 2.26. The van der Waals surface area contributed by atoms with E-state index in [1.54, 1.807) is 12.2 Å². The van der Waals surface area contributed by atoms with Gasteiger partial charge in [0.1, 0.15) is 6.04 Å². The van der Waals surface area contributed by atoms with Gasteiger partial charge in [-0.25, -0.2) is 0 Å². The number of hydrogen-bond acceptors (Lipinski definition) is 3. The number of allylic oxidation sites excluding steroid dienone is 4. The van der Waals surface area contributed by atoms with Crippen molar-refractivity contribution in [3.8, 4) is 0 Å². The van der Waals surface area contributed by atoms with Crippen LogP contribution >= 0.6 is 0 Å². The number of imide groups is 1. The molecule has 0 bridgehead atoms. The van der Waals surface area contributed by atoms with Crippen LogP contribution in [0.15, 0.2) is 36.1 Å². The molecule has 4 heteroatoms. The minimum atomic E-state index is -0.341. The zero-order chi connectivity index (χ0) is 12.8. The topological polar surface area (TPSA) is 58.2 Å². The number of nitrogens with one attached hydrogen (secondary N) is 2. The van der Waals surface area contributed by atoms with Crippen molar-refractivity contribution in [3.63, 3.8) is 0 Å². The van der Waals surface area contributed by atoms with E-state index in [0.29, 0.717) is 12.8 Å². The molecule has 1 aliphatic heterocycles. The average Bonchev–Trinajstić information content (AvgIpc) is 2.26. The molecule has 1 fully saturated rings. The number of piperidine rings is 1. The molecule has 1 unspecified atom stereocenters. The summed E-state index contributed by atoms with van der Waals surface area (Å²) in [4.78, 5) is 22.6. The van der Waals surface area contributed by atoms with E-state index >= 15 is 0 Å².